The van der Waals surface area contributed by atoms with Crippen molar-refractivity contribution in [2.45, 2.75) is 6.42 Å². The highest BCUT2D eigenvalue weighted by Gasteiger charge is 2.36. The number of anilines is 1. The second-order valence-corrected chi connectivity index (χ2v) is 7.55. The summed E-state index contributed by atoms with van der Waals surface area (Å²) in [5.74, 6) is 1.72. The van der Waals surface area contributed by atoms with E-state index in [0.29, 0.717) is 34.7 Å². The van der Waals surface area contributed by atoms with E-state index in [1.807, 2.05) is 0 Å². The highest BCUT2D eigenvalue weighted by atomic mass is 79.9. The summed E-state index contributed by atoms with van der Waals surface area (Å²) in [4.78, 5) is 38.8. The lowest BCUT2D eigenvalue weighted by molar-refractivity contribution is -0.122. The van der Waals surface area contributed by atoms with E-state index in [2.05, 4.69) is 33.7 Å². The summed E-state index contributed by atoms with van der Waals surface area (Å²) in [5, 5.41) is 2.20. The molecule has 3 rings (SSSR count). The third-order valence-electron chi connectivity index (χ3n) is 4.54. The molecule has 0 unspecified atom stereocenters. The Morgan fingerprint density at radius 3 is 2.56 bits per heavy atom. The van der Waals surface area contributed by atoms with Gasteiger partial charge in [-0.25, -0.2) is 9.69 Å². The van der Waals surface area contributed by atoms with Gasteiger partial charge in [0.05, 0.1) is 12.8 Å². The van der Waals surface area contributed by atoms with E-state index in [1.165, 1.54) is 13.2 Å². The van der Waals surface area contributed by atoms with Crippen molar-refractivity contribution in [2.24, 2.45) is 0 Å². The molecule has 0 saturated carbocycles. The summed E-state index contributed by atoms with van der Waals surface area (Å²) in [5.41, 5.74) is 1.36. The minimum absolute atomic E-state index is 0.0477. The van der Waals surface area contributed by atoms with Crippen molar-refractivity contribution in [1.82, 2.24) is 5.32 Å². The highest BCUT2D eigenvalue weighted by molar-refractivity contribution is 9.10. The monoisotopic (exact) mass is 494 g/mol. The Bertz CT molecular complexity index is 1160. The third-order valence-corrected chi connectivity index (χ3v) is 5.06. The van der Waals surface area contributed by atoms with Crippen molar-refractivity contribution in [3.63, 3.8) is 0 Å². The zero-order chi connectivity index (χ0) is 23.3. The number of imide groups is 2. The quantitative estimate of drug-likeness (QED) is 0.273. The zero-order valence-electron chi connectivity index (χ0n) is 17.2. The molecule has 7 nitrogen and oxygen atoms in total. The zero-order valence-corrected chi connectivity index (χ0v) is 18.8. The van der Waals surface area contributed by atoms with Crippen LogP contribution in [0, 0.1) is 12.3 Å². The van der Waals surface area contributed by atoms with Gasteiger partial charge in [-0.05, 0) is 54.5 Å². The van der Waals surface area contributed by atoms with E-state index in [9.17, 15) is 14.4 Å². The van der Waals surface area contributed by atoms with Crippen LogP contribution in [0.1, 0.15) is 11.1 Å². The second kappa shape index (κ2) is 9.98. The second-order valence-electron chi connectivity index (χ2n) is 6.63. The minimum atomic E-state index is -0.817. The number of halogens is 1. The van der Waals surface area contributed by atoms with E-state index in [4.69, 9.17) is 15.9 Å². The van der Waals surface area contributed by atoms with Crippen LogP contribution in [0.4, 0.5) is 10.5 Å². The summed E-state index contributed by atoms with van der Waals surface area (Å²) in [6, 6.07) is 9.11. The molecule has 0 bridgehead atoms. The van der Waals surface area contributed by atoms with Crippen LogP contribution in [0.5, 0.6) is 11.5 Å². The summed E-state index contributed by atoms with van der Waals surface area (Å²) in [6.07, 6.45) is 8.82. The van der Waals surface area contributed by atoms with Gasteiger partial charge in [-0.1, -0.05) is 27.9 Å². The molecule has 4 amide bonds. The van der Waals surface area contributed by atoms with Crippen molar-refractivity contribution in [1.29, 1.82) is 0 Å². The van der Waals surface area contributed by atoms with Gasteiger partial charge in [0.2, 0.25) is 0 Å². The predicted octanol–water partition coefficient (Wildman–Crippen LogP) is 3.86. The lowest BCUT2D eigenvalue weighted by atomic mass is 10.0. The fourth-order valence-electron chi connectivity index (χ4n) is 3.15. The summed E-state index contributed by atoms with van der Waals surface area (Å²) >= 11 is 3.31. The van der Waals surface area contributed by atoms with Gasteiger partial charge in [-0.3, -0.25) is 14.9 Å². The average molecular weight is 495 g/mol. The van der Waals surface area contributed by atoms with E-state index in [1.54, 1.807) is 42.5 Å². The number of barbiturate groups is 1. The number of hydrogen-bond donors (Lipinski definition) is 1. The highest BCUT2D eigenvalue weighted by Crippen LogP contribution is 2.35. The molecule has 1 aliphatic rings. The molecule has 32 heavy (non-hydrogen) atoms. The van der Waals surface area contributed by atoms with Crippen LogP contribution in [-0.4, -0.2) is 31.6 Å². The van der Waals surface area contributed by atoms with Gasteiger partial charge >= 0.3 is 6.03 Å². The molecule has 2 aromatic carbocycles. The molecule has 162 valence electrons. The lowest BCUT2D eigenvalue weighted by Crippen LogP contribution is -2.54. The smallest absolute Gasteiger partial charge is 0.335 e. The first-order valence-electron chi connectivity index (χ1n) is 9.44. The Morgan fingerprint density at radius 1 is 1.22 bits per heavy atom. The van der Waals surface area contributed by atoms with Crippen molar-refractivity contribution in [3.05, 3.63) is 70.2 Å². The standard InChI is InChI=1S/C24H19BrN2O5/c1-4-6-16-12-15(14-20(31-3)21(16)32-11-5-2)13-19-22(28)26-24(30)27(23(19)29)18-9-7-17(25)8-10-18/h2,4,7-10,12-14H,1,6,11H2,3H3,(H,26,28,30)/b19-13+. The third kappa shape index (κ3) is 4.74. The fraction of sp³-hybridized carbons (Fsp3) is 0.125. The van der Waals surface area contributed by atoms with Gasteiger partial charge < -0.3 is 9.47 Å². The molecule has 0 radical (unpaired) electrons. The van der Waals surface area contributed by atoms with E-state index in [-0.39, 0.29) is 12.2 Å². The maximum absolute atomic E-state index is 13.1. The molecule has 0 aromatic heterocycles. The molecular formula is C24H19BrN2O5. The van der Waals surface area contributed by atoms with Crippen molar-refractivity contribution in [3.8, 4) is 23.8 Å². The largest absolute Gasteiger partial charge is 0.493 e. The average Bonchev–Trinajstić information content (AvgIpc) is 2.77. The minimum Gasteiger partial charge on any atom is -0.493 e. The van der Waals surface area contributed by atoms with E-state index in [0.717, 1.165) is 9.37 Å². The summed E-state index contributed by atoms with van der Waals surface area (Å²) < 4.78 is 11.8. The van der Waals surface area contributed by atoms with Crippen LogP contribution < -0.4 is 19.7 Å². The number of terminal acetylenes is 1. The Labute approximate surface area is 193 Å². The van der Waals surface area contributed by atoms with Crippen molar-refractivity contribution >= 4 is 45.5 Å². The maximum atomic E-state index is 13.1. The van der Waals surface area contributed by atoms with E-state index < -0.39 is 17.8 Å². The molecule has 1 saturated heterocycles. The number of urea groups is 1. The number of rotatable bonds is 7. The fourth-order valence-corrected chi connectivity index (χ4v) is 3.42. The van der Waals surface area contributed by atoms with Crippen LogP contribution in [0.2, 0.25) is 0 Å². The van der Waals surface area contributed by atoms with Gasteiger partial charge in [0, 0.05) is 10.0 Å². The number of allylic oxidation sites excluding steroid dienone is 1. The Hall–Kier alpha value is -3.83. The molecular weight excluding hydrogens is 476 g/mol. The van der Waals surface area contributed by atoms with Crippen LogP contribution in [0.15, 0.2) is 59.1 Å². The van der Waals surface area contributed by atoms with Gasteiger partial charge in [-0.2, -0.15) is 0 Å². The number of carbonyl (C=O) groups is 3. The number of ether oxygens (including phenoxy) is 2. The maximum Gasteiger partial charge on any atom is 0.335 e. The number of carbonyl (C=O) groups excluding carboxylic acids is 3. The molecule has 1 fully saturated rings. The number of benzene rings is 2. The Kier molecular flexibility index (Phi) is 7.13. The molecule has 1 aliphatic heterocycles. The van der Waals surface area contributed by atoms with Gasteiger partial charge in [0.1, 0.15) is 12.2 Å². The predicted molar refractivity (Wildman–Crippen MR) is 124 cm³/mol. The lowest BCUT2D eigenvalue weighted by Gasteiger charge is -2.26. The summed E-state index contributed by atoms with van der Waals surface area (Å²) in [6.45, 7) is 3.79. The molecule has 1 N–H and O–H groups in total. The Morgan fingerprint density at radius 2 is 1.94 bits per heavy atom. The van der Waals surface area contributed by atoms with Gasteiger partial charge in [0.15, 0.2) is 11.5 Å². The Balaban J connectivity index is 2.06. The SMILES string of the molecule is C#CCOc1c(CC=C)cc(/C=C2\C(=O)NC(=O)N(c3ccc(Br)cc3)C2=O)cc1OC. The molecule has 1 heterocycles. The van der Waals surface area contributed by atoms with Crippen LogP contribution in [-0.2, 0) is 16.0 Å². The molecule has 8 heteroatoms. The molecule has 0 aliphatic carbocycles. The number of hydrogen-bond acceptors (Lipinski definition) is 5. The van der Waals surface area contributed by atoms with Crippen LogP contribution in [0.25, 0.3) is 6.08 Å². The van der Waals surface area contributed by atoms with E-state index >= 15 is 0 Å². The van der Waals surface area contributed by atoms with Crippen LogP contribution in [0.3, 0.4) is 0 Å². The normalized spacial score (nSPS) is 14.7. The first-order valence-corrected chi connectivity index (χ1v) is 10.2. The molecule has 0 spiro atoms. The summed E-state index contributed by atoms with van der Waals surface area (Å²) in [7, 11) is 1.47. The number of nitrogens with zero attached hydrogens (tertiary/aromatic N) is 1. The molecule has 0 atom stereocenters. The number of nitrogens with one attached hydrogen (secondary N) is 1. The van der Waals surface area contributed by atoms with Crippen molar-refractivity contribution in [2.75, 3.05) is 18.6 Å². The first-order chi connectivity index (χ1) is 15.4. The topological polar surface area (TPSA) is 84.9 Å². The first kappa shape index (κ1) is 22.8. The van der Waals surface area contributed by atoms with Crippen LogP contribution >= 0.6 is 15.9 Å². The molecule has 2 aromatic rings. The van der Waals surface area contributed by atoms with Gasteiger partial charge in [0.25, 0.3) is 11.8 Å². The number of amides is 4. The van der Waals surface area contributed by atoms with Gasteiger partial charge in [-0.15, -0.1) is 13.0 Å². The van der Waals surface area contributed by atoms with Crippen molar-refractivity contribution < 1.29 is 23.9 Å². The number of methoxy groups -OCH3 is 1.